The third-order valence-electron chi connectivity index (χ3n) is 3.97. The van der Waals surface area contributed by atoms with Crippen molar-refractivity contribution in [2.24, 2.45) is 5.73 Å². The van der Waals surface area contributed by atoms with E-state index >= 15 is 0 Å². The van der Waals surface area contributed by atoms with Crippen LogP contribution in [0.1, 0.15) is 21.0 Å². The summed E-state index contributed by atoms with van der Waals surface area (Å²) in [5, 5.41) is 0.339. The molecular formula is C18H13ClN6O2. The minimum absolute atomic E-state index is 0.0529. The highest BCUT2D eigenvalue weighted by Gasteiger charge is 2.29. The summed E-state index contributed by atoms with van der Waals surface area (Å²) in [6.45, 7) is 0. The van der Waals surface area contributed by atoms with Gasteiger partial charge in [0.1, 0.15) is 5.69 Å². The Balaban J connectivity index is 1.91. The molecule has 2 aromatic heterocycles. The molecule has 0 unspecified atom stereocenters. The zero-order chi connectivity index (χ0) is 19.0. The summed E-state index contributed by atoms with van der Waals surface area (Å²) in [4.78, 5) is 40.3. The van der Waals surface area contributed by atoms with Crippen LogP contribution in [0, 0.1) is 0 Å². The van der Waals surface area contributed by atoms with E-state index in [4.69, 9.17) is 17.3 Å². The Morgan fingerprint density at radius 2 is 1.81 bits per heavy atom. The molecular weight excluding hydrogens is 368 g/mol. The number of halogens is 1. The number of nitrogens with one attached hydrogen (secondary N) is 2. The lowest BCUT2D eigenvalue weighted by Gasteiger charge is -2.20. The van der Waals surface area contributed by atoms with Gasteiger partial charge in [0.2, 0.25) is 5.95 Å². The van der Waals surface area contributed by atoms with Gasteiger partial charge in [-0.2, -0.15) is 0 Å². The molecule has 8 nitrogen and oxygen atoms in total. The van der Waals surface area contributed by atoms with E-state index in [0.29, 0.717) is 16.2 Å². The molecule has 27 heavy (non-hydrogen) atoms. The summed E-state index contributed by atoms with van der Waals surface area (Å²) in [7, 11) is 0. The van der Waals surface area contributed by atoms with Crippen molar-refractivity contribution in [3.05, 3.63) is 71.3 Å². The lowest BCUT2D eigenvalue weighted by Crippen LogP contribution is -2.30. The summed E-state index contributed by atoms with van der Waals surface area (Å²) >= 11 is 6.32. The van der Waals surface area contributed by atoms with Crippen LogP contribution in [0.15, 0.2) is 54.9 Å². The average Bonchev–Trinajstić information content (AvgIpc) is 3.30. The van der Waals surface area contributed by atoms with Gasteiger partial charge in [-0.1, -0.05) is 35.9 Å². The minimum atomic E-state index is -0.816. The molecule has 0 aliphatic heterocycles. The molecule has 134 valence electrons. The number of hydrogen-bond acceptors (Lipinski definition) is 4. The van der Waals surface area contributed by atoms with Crippen LogP contribution < -0.4 is 10.6 Å². The fourth-order valence-corrected chi connectivity index (χ4v) is 2.97. The van der Waals surface area contributed by atoms with Gasteiger partial charge in [0.25, 0.3) is 11.8 Å². The number of amides is 2. The molecule has 0 radical (unpaired) electrons. The smallest absolute Gasteiger partial charge is 0.284 e. The monoisotopic (exact) mass is 380 g/mol. The molecule has 4 rings (SSSR count). The maximum absolute atomic E-state index is 13.3. The topological polar surface area (TPSA) is 121 Å². The summed E-state index contributed by atoms with van der Waals surface area (Å²) < 4.78 is 0. The number of anilines is 2. The highest BCUT2D eigenvalue weighted by atomic mass is 35.5. The van der Waals surface area contributed by atoms with E-state index < -0.39 is 11.8 Å². The van der Waals surface area contributed by atoms with Crippen LogP contribution in [0.5, 0.6) is 0 Å². The number of nitrogens with two attached hydrogens (primary N) is 1. The average molecular weight is 381 g/mol. The third kappa shape index (κ3) is 2.91. The first-order valence-electron chi connectivity index (χ1n) is 7.93. The van der Waals surface area contributed by atoms with Gasteiger partial charge in [-0.3, -0.25) is 9.59 Å². The van der Waals surface area contributed by atoms with Crippen molar-refractivity contribution in [3.8, 4) is 0 Å². The van der Waals surface area contributed by atoms with Crippen molar-refractivity contribution < 1.29 is 9.59 Å². The first kappa shape index (κ1) is 16.8. The summed E-state index contributed by atoms with van der Waals surface area (Å²) in [5.74, 6) is -1.14. The number of carbonyl (C=O) groups excluding carboxylic acids is 2. The Kier molecular flexibility index (Phi) is 4.09. The fraction of sp³-hybridized carbons (Fsp3) is 0. The number of carbonyl (C=O) groups is 2. The molecule has 0 atom stereocenters. The highest BCUT2D eigenvalue weighted by Crippen LogP contribution is 2.32. The minimum Gasteiger partial charge on any atom is -0.364 e. The van der Waals surface area contributed by atoms with Crippen molar-refractivity contribution in [1.29, 1.82) is 0 Å². The second-order valence-electron chi connectivity index (χ2n) is 5.66. The lowest BCUT2D eigenvalue weighted by atomic mass is 10.2. The van der Waals surface area contributed by atoms with E-state index in [1.807, 2.05) is 24.3 Å². The molecule has 4 N–H and O–H groups in total. The van der Waals surface area contributed by atoms with Crippen LogP contribution in [-0.4, -0.2) is 31.8 Å². The molecule has 4 aromatic rings. The molecule has 0 saturated carbocycles. The Bertz CT molecular complexity index is 1130. The van der Waals surface area contributed by atoms with E-state index in [-0.39, 0.29) is 17.3 Å². The van der Waals surface area contributed by atoms with Crippen LogP contribution in [0.4, 0.5) is 11.6 Å². The number of fused-ring (bicyclic) bond motifs is 1. The number of aromatic amines is 2. The molecule has 0 saturated heterocycles. The first-order valence-corrected chi connectivity index (χ1v) is 8.31. The van der Waals surface area contributed by atoms with Gasteiger partial charge in [0.15, 0.2) is 5.69 Å². The Morgan fingerprint density at radius 1 is 1.07 bits per heavy atom. The number of primary amides is 1. The fourth-order valence-electron chi connectivity index (χ4n) is 2.75. The Hall–Kier alpha value is -3.65. The van der Waals surface area contributed by atoms with Gasteiger partial charge in [-0.15, -0.1) is 0 Å². The van der Waals surface area contributed by atoms with Gasteiger partial charge in [0.05, 0.1) is 28.1 Å². The molecule has 0 spiro atoms. The van der Waals surface area contributed by atoms with E-state index in [1.54, 1.807) is 24.3 Å². The highest BCUT2D eigenvalue weighted by molar-refractivity contribution is 6.34. The number of aromatic nitrogens is 4. The Labute approximate surface area is 158 Å². The SMILES string of the molecule is NC(=O)c1nc[nH]c1C(=O)N(c1nc2ccccc2[nH]1)c1ccccc1Cl. The predicted octanol–water partition coefficient (Wildman–Crippen LogP) is 3.02. The third-order valence-corrected chi connectivity index (χ3v) is 4.29. The second-order valence-corrected chi connectivity index (χ2v) is 6.07. The molecule has 0 aliphatic carbocycles. The van der Waals surface area contributed by atoms with Crippen molar-refractivity contribution >= 4 is 46.1 Å². The Morgan fingerprint density at radius 3 is 2.56 bits per heavy atom. The van der Waals surface area contributed by atoms with Gasteiger partial charge in [-0.05, 0) is 24.3 Å². The first-order chi connectivity index (χ1) is 13.1. The predicted molar refractivity (Wildman–Crippen MR) is 101 cm³/mol. The quantitative estimate of drug-likeness (QED) is 0.503. The molecule has 2 amide bonds. The standard InChI is InChI=1S/C18H13ClN6O2/c19-10-5-1-4-8-13(10)25(17(27)15-14(16(20)26)21-9-22-15)18-23-11-6-2-3-7-12(11)24-18/h1-9H,(H2,20,26)(H,21,22)(H,23,24). The van der Waals surface area contributed by atoms with Crippen LogP contribution in [0.25, 0.3) is 11.0 Å². The maximum atomic E-state index is 13.3. The van der Waals surface area contributed by atoms with Gasteiger partial charge >= 0.3 is 0 Å². The molecule has 0 aliphatic rings. The van der Waals surface area contributed by atoms with Crippen molar-refractivity contribution in [1.82, 2.24) is 19.9 Å². The molecule has 2 heterocycles. The van der Waals surface area contributed by atoms with E-state index in [1.165, 1.54) is 11.2 Å². The summed E-state index contributed by atoms with van der Waals surface area (Å²) in [6, 6.07) is 14.2. The van der Waals surface area contributed by atoms with Crippen LogP contribution in [0.2, 0.25) is 5.02 Å². The summed E-state index contributed by atoms with van der Waals surface area (Å²) in [6.07, 6.45) is 1.23. The molecule has 9 heteroatoms. The summed E-state index contributed by atoms with van der Waals surface area (Å²) in [5.41, 5.74) is 6.93. The number of nitrogens with zero attached hydrogens (tertiary/aromatic N) is 3. The number of benzene rings is 2. The molecule has 2 aromatic carbocycles. The second kappa shape index (κ2) is 6.58. The largest absolute Gasteiger partial charge is 0.364 e. The molecule has 0 fully saturated rings. The van der Waals surface area contributed by atoms with Gasteiger partial charge in [-0.25, -0.2) is 14.9 Å². The van der Waals surface area contributed by atoms with Crippen molar-refractivity contribution in [2.45, 2.75) is 0 Å². The van der Waals surface area contributed by atoms with Crippen LogP contribution in [0.3, 0.4) is 0 Å². The zero-order valence-electron chi connectivity index (χ0n) is 13.8. The van der Waals surface area contributed by atoms with E-state index in [9.17, 15) is 9.59 Å². The molecule has 0 bridgehead atoms. The number of H-pyrrole nitrogens is 2. The number of hydrogen-bond donors (Lipinski definition) is 3. The van der Waals surface area contributed by atoms with Crippen molar-refractivity contribution in [2.75, 3.05) is 4.90 Å². The van der Waals surface area contributed by atoms with Crippen LogP contribution >= 0.6 is 11.6 Å². The number of imidazole rings is 2. The van der Waals surface area contributed by atoms with Crippen molar-refractivity contribution in [3.63, 3.8) is 0 Å². The van der Waals surface area contributed by atoms with E-state index in [2.05, 4.69) is 19.9 Å². The zero-order valence-corrected chi connectivity index (χ0v) is 14.6. The normalized spacial score (nSPS) is 10.9. The van der Waals surface area contributed by atoms with Gasteiger partial charge in [0, 0.05) is 0 Å². The van der Waals surface area contributed by atoms with E-state index in [0.717, 1.165) is 5.52 Å². The maximum Gasteiger partial charge on any atom is 0.284 e. The van der Waals surface area contributed by atoms with Gasteiger partial charge < -0.3 is 15.7 Å². The number of para-hydroxylation sites is 3. The van der Waals surface area contributed by atoms with Crippen LogP contribution in [-0.2, 0) is 0 Å². The lowest BCUT2D eigenvalue weighted by molar-refractivity contribution is 0.0961. The number of rotatable bonds is 4.